The van der Waals surface area contributed by atoms with Crippen LogP contribution < -0.4 is 0 Å². The van der Waals surface area contributed by atoms with Gasteiger partial charge in [-0.1, -0.05) is 17.7 Å². The van der Waals surface area contributed by atoms with Crippen molar-refractivity contribution >= 4 is 39.2 Å². The number of benzene rings is 1. The molecule has 1 aliphatic heterocycles. The Balaban J connectivity index is 2.00. The van der Waals surface area contributed by atoms with Crippen LogP contribution in [0.4, 0.5) is 0 Å². The maximum Gasteiger partial charge on any atom is 0.303 e. The average molecular weight is 460 g/mol. The molecule has 3 aromatic rings. The Morgan fingerprint density at radius 3 is 2.86 bits per heavy atom. The summed E-state index contributed by atoms with van der Waals surface area (Å²) in [6, 6.07) is 9.02. The zero-order valence-corrected chi connectivity index (χ0v) is 17.3. The SMILES string of the molecule is Cc1cnc2n1-c1cc(Cl)c(Br)cc1C(c1ccccn1)=N[C@H]2CCC(=O)O. The molecule has 3 heterocycles. The summed E-state index contributed by atoms with van der Waals surface area (Å²) in [5, 5.41) is 9.76. The van der Waals surface area contributed by atoms with Gasteiger partial charge in [-0.05, 0) is 53.5 Å². The second-order valence-corrected chi connectivity index (χ2v) is 7.78. The van der Waals surface area contributed by atoms with Crippen LogP contribution in [0.1, 0.15) is 41.7 Å². The van der Waals surface area contributed by atoms with Gasteiger partial charge in [0.25, 0.3) is 0 Å². The highest BCUT2D eigenvalue weighted by atomic mass is 79.9. The molecule has 1 atom stereocenters. The van der Waals surface area contributed by atoms with Crippen LogP contribution in [0.5, 0.6) is 0 Å². The lowest BCUT2D eigenvalue weighted by Crippen LogP contribution is -2.09. The molecule has 1 aromatic carbocycles. The number of halogens is 2. The molecule has 0 unspecified atom stereocenters. The summed E-state index contributed by atoms with van der Waals surface area (Å²) in [4.78, 5) is 25.1. The molecule has 0 amide bonds. The number of rotatable bonds is 4. The van der Waals surface area contributed by atoms with Gasteiger partial charge in [0.1, 0.15) is 11.9 Å². The monoisotopic (exact) mass is 458 g/mol. The van der Waals surface area contributed by atoms with Gasteiger partial charge in [0.05, 0.1) is 22.1 Å². The highest BCUT2D eigenvalue weighted by Crippen LogP contribution is 2.37. The number of aromatic nitrogens is 3. The Hall–Kier alpha value is -2.51. The van der Waals surface area contributed by atoms with Crippen molar-refractivity contribution in [1.29, 1.82) is 0 Å². The Morgan fingerprint density at radius 1 is 1.32 bits per heavy atom. The van der Waals surface area contributed by atoms with E-state index in [1.54, 1.807) is 12.4 Å². The van der Waals surface area contributed by atoms with E-state index in [4.69, 9.17) is 16.6 Å². The number of carbonyl (C=O) groups is 1. The van der Waals surface area contributed by atoms with Gasteiger partial charge in [-0.3, -0.25) is 19.3 Å². The summed E-state index contributed by atoms with van der Waals surface area (Å²) >= 11 is 9.91. The van der Waals surface area contributed by atoms with Crippen LogP contribution in [0.3, 0.4) is 0 Å². The van der Waals surface area contributed by atoms with Crippen molar-refractivity contribution in [3.8, 4) is 5.69 Å². The third-order valence-electron chi connectivity index (χ3n) is 4.62. The Morgan fingerprint density at radius 2 is 2.14 bits per heavy atom. The number of hydrogen-bond acceptors (Lipinski definition) is 4. The van der Waals surface area contributed by atoms with Gasteiger partial charge < -0.3 is 5.11 Å². The van der Waals surface area contributed by atoms with Gasteiger partial charge in [0, 0.05) is 34.5 Å². The molecule has 28 heavy (non-hydrogen) atoms. The summed E-state index contributed by atoms with van der Waals surface area (Å²) in [7, 11) is 0. The maximum atomic E-state index is 11.2. The fourth-order valence-electron chi connectivity index (χ4n) is 3.36. The molecule has 6 nitrogen and oxygen atoms in total. The van der Waals surface area contributed by atoms with Gasteiger partial charge >= 0.3 is 5.97 Å². The van der Waals surface area contributed by atoms with Gasteiger partial charge in [0.2, 0.25) is 0 Å². The molecule has 0 aliphatic carbocycles. The first-order valence-electron chi connectivity index (χ1n) is 8.70. The lowest BCUT2D eigenvalue weighted by Gasteiger charge is -2.15. The largest absolute Gasteiger partial charge is 0.481 e. The lowest BCUT2D eigenvalue weighted by molar-refractivity contribution is -0.137. The van der Waals surface area contributed by atoms with Crippen molar-refractivity contribution in [3.05, 3.63) is 75.0 Å². The molecule has 0 saturated heterocycles. The number of aliphatic imine (C=N–C) groups is 1. The Labute approximate surface area is 175 Å². The number of imidazole rings is 1. The van der Waals surface area contributed by atoms with Crippen LogP contribution in [0, 0.1) is 6.92 Å². The van der Waals surface area contributed by atoms with Crippen LogP contribution in [0.15, 0.2) is 52.2 Å². The summed E-state index contributed by atoms with van der Waals surface area (Å²) in [5.41, 5.74) is 4.03. The highest BCUT2D eigenvalue weighted by molar-refractivity contribution is 9.10. The fourth-order valence-corrected chi connectivity index (χ4v) is 3.86. The van der Waals surface area contributed by atoms with Gasteiger partial charge in [-0.25, -0.2) is 4.98 Å². The summed E-state index contributed by atoms with van der Waals surface area (Å²) in [6.45, 7) is 1.95. The number of fused-ring (bicyclic) bond motifs is 3. The Kier molecular flexibility index (Phi) is 5.03. The van der Waals surface area contributed by atoms with Crippen LogP contribution >= 0.6 is 27.5 Å². The minimum atomic E-state index is -0.864. The van der Waals surface area contributed by atoms with E-state index in [9.17, 15) is 9.90 Å². The van der Waals surface area contributed by atoms with Gasteiger partial charge in [0.15, 0.2) is 0 Å². The van der Waals surface area contributed by atoms with E-state index in [1.165, 1.54) is 0 Å². The van der Waals surface area contributed by atoms with E-state index in [1.807, 2.05) is 41.8 Å². The van der Waals surface area contributed by atoms with Crippen molar-refractivity contribution in [1.82, 2.24) is 14.5 Å². The first-order chi connectivity index (χ1) is 13.5. The lowest BCUT2D eigenvalue weighted by atomic mass is 10.0. The molecule has 4 rings (SSSR count). The molecular formula is C20H16BrClN4O2. The van der Waals surface area contributed by atoms with Gasteiger partial charge in [-0.2, -0.15) is 0 Å². The first-order valence-corrected chi connectivity index (χ1v) is 9.88. The van der Waals surface area contributed by atoms with E-state index in [0.29, 0.717) is 28.7 Å². The average Bonchev–Trinajstić information content (AvgIpc) is 2.99. The molecule has 0 fully saturated rings. The quantitative estimate of drug-likeness (QED) is 0.610. The van der Waals surface area contributed by atoms with E-state index < -0.39 is 12.0 Å². The second kappa shape index (κ2) is 7.48. The molecule has 0 radical (unpaired) electrons. The van der Waals surface area contributed by atoms with E-state index in [2.05, 4.69) is 25.9 Å². The molecule has 142 valence electrons. The molecule has 0 bridgehead atoms. The highest BCUT2D eigenvalue weighted by Gasteiger charge is 2.28. The zero-order valence-electron chi connectivity index (χ0n) is 14.9. The third-order valence-corrected chi connectivity index (χ3v) is 5.82. The number of aryl methyl sites for hydroxylation is 1. The van der Waals surface area contributed by atoms with Gasteiger partial charge in [-0.15, -0.1) is 0 Å². The standard InChI is InChI=1S/C20H16BrClN4O2/c1-11-10-24-20-16(5-6-18(27)28)25-19(15-4-2-3-7-23-15)12-8-13(21)14(22)9-17(12)26(11)20/h2-4,7-10,16H,5-6H2,1H3,(H,27,28)/t16-/m0/s1. The van der Waals surface area contributed by atoms with Crippen LogP contribution in [-0.2, 0) is 4.79 Å². The fraction of sp³-hybridized carbons (Fsp3) is 0.200. The minimum absolute atomic E-state index is 0.00360. The van der Waals surface area contributed by atoms with E-state index in [0.717, 1.165) is 21.4 Å². The summed E-state index contributed by atoms with van der Waals surface area (Å²) in [6.07, 6.45) is 3.81. The van der Waals surface area contributed by atoms with Crippen LogP contribution in [0.25, 0.3) is 5.69 Å². The van der Waals surface area contributed by atoms with Crippen molar-refractivity contribution in [2.45, 2.75) is 25.8 Å². The summed E-state index contributed by atoms with van der Waals surface area (Å²) < 4.78 is 2.75. The second-order valence-electron chi connectivity index (χ2n) is 6.52. The topological polar surface area (TPSA) is 80.4 Å². The van der Waals surface area contributed by atoms with Crippen molar-refractivity contribution in [2.24, 2.45) is 4.99 Å². The minimum Gasteiger partial charge on any atom is -0.481 e. The smallest absolute Gasteiger partial charge is 0.303 e. The third kappa shape index (κ3) is 3.36. The number of aliphatic carboxylic acids is 1. The number of carboxylic acid groups (broad SMARTS) is 1. The molecule has 0 spiro atoms. The predicted octanol–water partition coefficient (Wildman–Crippen LogP) is 4.75. The molecule has 8 heteroatoms. The number of hydrogen-bond donors (Lipinski definition) is 1. The first kappa shape index (κ1) is 18.8. The van der Waals surface area contributed by atoms with E-state index >= 15 is 0 Å². The number of carboxylic acids is 1. The summed E-state index contributed by atoms with van der Waals surface area (Å²) in [5.74, 6) is -0.165. The van der Waals surface area contributed by atoms with Crippen molar-refractivity contribution in [3.63, 3.8) is 0 Å². The van der Waals surface area contributed by atoms with Crippen LogP contribution in [0.2, 0.25) is 5.02 Å². The molecule has 2 aromatic heterocycles. The number of pyridine rings is 1. The normalized spacial score (nSPS) is 15.4. The Bertz CT molecular complexity index is 1100. The predicted molar refractivity (Wildman–Crippen MR) is 110 cm³/mol. The maximum absolute atomic E-state index is 11.2. The van der Waals surface area contributed by atoms with Crippen molar-refractivity contribution in [2.75, 3.05) is 0 Å². The van der Waals surface area contributed by atoms with Crippen molar-refractivity contribution < 1.29 is 9.90 Å². The molecule has 1 aliphatic rings. The molecular weight excluding hydrogens is 444 g/mol. The zero-order chi connectivity index (χ0) is 19.8. The van der Waals surface area contributed by atoms with E-state index in [-0.39, 0.29) is 6.42 Å². The molecule has 1 N–H and O–H groups in total. The molecule has 0 saturated carbocycles. The van der Waals surface area contributed by atoms with Crippen LogP contribution in [-0.4, -0.2) is 31.3 Å². The number of nitrogens with zero attached hydrogens (tertiary/aromatic N) is 4.